The summed E-state index contributed by atoms with van der Waals surface area (Å²) >= 11 is 7.26. The molecule has 1 aromatic carbocycles. The van der Waals surface area contributed by atoms with Crippen molar-refractivity contribution in [3.05, 3.63) is 62.0 Å². The van der Waals surface area contributed by atoms with Gasteiger partial charge < -0.3 is 5.32 Å². The minimum Gasteiger partial charge on any atom is -0.347 e. The van der Waals surface area contributed by atoms with Crippen LogP contribution in [0.2, 0.25) is 4.34 Å². The SMILES string of the molecule is CC(NC(=O)Cn1cnc2ccc(F)cc2c1=O)c1ccc(Cl)s1. The van der Waals surface area contributed by atoms with E-state index in [2.05, 4.69) is 10.3 Å². The number of carbonyl (C=O) groups excluding carboxylic acids is 1. The van der Waals surface area contributed by atoms with E-state index in [1.165, 1.54) is 29.8 Å². The Labute approximate surface area is 145 Å². The monoisotopic (exact) mass is 365 g/mol. The Morgan fingerprint density at radius 3 is 2.92 bits per heavy atom. The second-order valence-corrected chi connectivity index (χ2v) is 7.02. The van der Waals surface area contributed by atoms with Crippen LogP contribution < -0.4 is 10.9 Å². The number of benzene rings is 1. The molecule has 0 saturated carbocycles. The second-order valence-electron chi connectivity index (χ2n) is 5.27. The Morgan fingerprint density at radius 1 is 1.42 bits per heavy atom. The van der Waals surface area contributed by atoms with Crippen molar-refractivity contribution in [2.75, 3.05) is 0 Å². The van der Waals surface area contributed by atoms with E-state index >= 15 is 0 Å². The van der Waals surface area contributed by atoms with Crippen LogP contribution in [0.15, 0.2) is 41.5 Å². The van der Waals surface area contributed by atoms with E-state index in [4.69, 9.17) is 11.6 Å². The average Bonchev–Trinajstić information content (AvgIpc) is 2.97. The molecule has 2 heterocycles. The first kappa shape index (κ1) is 16.6. The van der Waals surface area contributed by atoms with Gasteiger partial charge in [-0.2, -0.15) is 0 Å². The van der Waals surface area contributed by atoms with Crippen molar-refractivity contribution in [2.45, 2.75) is 19.5 Å². The lowest BCUT2D eigenvalue weighted by Gasteiger charge is -2.13. The number of amides is 1. The fourth-order valence-corrected chi connectivity index (χ4v) is 3.38. The van der Waals surface area contributed by atoms with Gasteiger partial charge in [0.1, 0.15) is 12.4 Å². The largest absolute Gasteiger partial charge is 0.347 e. The Hall–Kier alpha value is -2.25. The first-order chi connectivity index (χ1) is 11.4. The zero-order valence-electron chi connectivity index (χ0n) is 12.6. The summed E-state index contributed by atoms with van der Waals surface area (Å²) in [6.45, 7) is 1.64. The summed E-state index contributed by atoms with van der Waals surface area (Å²) in [5.74, 6) is -0.863. The number of rotatable bonds is 4. The normalized spacial score (nSPS) is 12.3. The van der Waals surface area contributed by atoms with Crippen molar-refractivity contribution in [3.63, 3.8) is 0 Å². The van der Waals surface area contributed by atoms with E-state index in [-0.39, 0.29) is 23.9 Å². The molecule has 0 saturated heterocycles. The van der Waals surface area contributed by atoms with Gasteiger partial charge in [0.05, 0.1) is 27.6 Å². The molecule has 0 aliphatic heterocycles. The van der Waals surface area contributed by atoms with Gasteiger partial charge in [0.2, 0.25) is 5.91 Å². The molecular formula is C16H13ClFN3O2S. The predicted octanol–water partition coefficient (Wildman–Crippen LogP) is 3.13. The molecule has 8 heteroatoms. The molecule has 1 atom stereocenters. The van der Waals surface area contributed by atoms with Crippen molar-refractivity contribution in [1.29, 1.82) is 0 Å². The molecule has 24 heavy (non-hydrogen) atoms. The number of fused-ring (bicyclic) bond motifs is 1. The summed E-state index contributed by atoms with van der Waals surface area (Å²) in [5.41, 5.74) is -0.0684. The number of aromatic nitrogens is 2. The number of hydrogen-bond acceptors (Lipinski definition) is 4. The maximum Gasteiger partial charge on any atom is 0.261 e. The van der Waals surface area contributed by atoms with Crippen LogP contribution in [0.25, 0.3) is 10.9 Å². The van der Waals surface area contributed by atoms with Crippen LogP contribution in [0.1, 0.15) is 17.8 Å². The van der Waals surface area contributed by atoms with E-state index in [1.54, 1.807) is 6.07 Å². The topological polar surface area (TPSA) is 64.0 Å². The zero-order chi connectivity index (χ0) is 17.3. The third-order valence-corrected chi connectivity index (χ3v) is 4.91. The predicted molar refractivity (Wildman–Crippen MR) is 91.8 cm³/mol. The highest BCUT2D eigenvalue weighted by atomic mass is 35.5. The Morgan fingerprint density at radius 2 is 2.21 bits per heavy atom. The fourth-order valence-electron chi connectivity index (χ4n) is 2.32. The van der Waals surface area contributed by atoms with Gasteiger partial charge in [-0.15, -0.1) is 11.3 Å². The Bertz CT molecular complexity index is 969. The van der Waals surface area contributed by atoms with Gasteiger partial charge in [-0.25, -0.2) is 9.37 Å². The van der Waals surface area contributed by atoms with Crippen molar-refractivity contribution < 1.29 is 9.18 Å². The Balaban J connectivity index is 1.78. The van der Waals surface area contributed by atoms with Gasteiger partial charge in [0.25, 0.3) is 5.56 Å². The van der Waals surface area contributed by atoms with Crippen LogP contribution in [0.3, 0.4) is 0 Å². The van der Waals surface area contributed by atoms with Gasteiger partial charge in [0, 0.05) is 4.88 Å². The third kappa shape index (κ3) is 3.47. The van der Waals surface area contributed by atoms with E-state index < -0.39 is 11.4 Å². The molecule has 124 valence electrons. The van der Waals surface area contributed by atoms with Gasteiger partial charge in [-0.05, 0) is 37.3 Å². The molecule has 3 rings (SSSR count). The minimum absolute atomic E-state index is 0.142. The van der Waals surface area contributed by atoms with E-state index in [0.29, 0.717) is 9.85 Å². The van der Waals surface area contributed by atoms with Crippen LogP contribution in [0.4, 0.5) is 4.39 Å². The summed E-state index contributed by atoms with van der Waals surface area (Å²) in [6, 6.07) is 7.16. The molecule has 2 aromatic heterocycles. The maximum absolute atomic E-state index is 13.3. The molecule has 3 aromatic rings. The van der Waals surface area contributed by atoms with E-state index in [0.717, 1.165) is 15.5 Å². The van der Waals surface area contributed by atoms with Gasteiger partial charge in [-0.1, -0.05) is 11.6 Å². The van der Waals surface area contributed by atoms with E-state index in [1.807, 2.05) is 13.0 Å². The lowest BCUT2D eigenvalue weighted by Crippen LogP contribution is -2.33. The molecule has 0 radical (unpaired) electrons. The average molecular weight is 366 g/mol. The molecule has 1 N–H and O–H groups in total. The lowest BCUT2D eigenvalue weighted by atomic mass is 10.2. The van der Waals surface area contributed by atoms with E-state index in [9.17, 15) is 14.0 Å². The summed E-state index contributed by atoms with van der Waals surface area (Å²) < 4.78 is 15.1. The van der Waals surface area contributed by atoms with Crippen molar-refractivity contribution in [2.24, 2.45) is 0 Å². The molecule has 0 fully saturated rings. The minimum atomic E-state index is -0.521. The first-order valence-electron chi connectivity index (χ1n) is 7.13. The Kier molecular flexibility index (Phi) is 4.64. The summed E-state index contributed by atoms with van der Waals surface area (Å²) in [7, 11) is 0. The number of hydrogen-bond donors (Lipinski definition) is 1. The number of thiophene rings is 1. The highest BCUT2D eigenvalue weighted by Gasteiger charge is 2.13. The zero-order valence-corrected chi connectivity index (χ0v) is 14.2. The summed E-state index contributed by atoms with van der Waals surface area (Å²) in [5, 5.41) is 2.94. The number of carbonyl (C=O) groups is 1. The highest BCUT2D eigenvalue weighted by molar-refractivity contribution is 7.16. The molecule has 1 unspecified atom stereocenters. The van der Waals surface area contributed by atoms with Crippen molar-refractivity contribution in [1.82, 2.24) is 14.9 Å². The molecular weight excluding hydrogens is 353 g/mol. The van der Waals surface area contributed by atoms with Crippen LogP contribution in [0, 0.1) is 5.82 Å². The number of nitrogens with zero attached hydrogens (tertiary/aromatic N) is 2. The molecule has 0 aliphatic rings. The quantitative estimate of drug-likeness (QED) is 0.772. The second kappa shape index (κ2) is 6.70. The third-order valence-electron chi connectivity index (χ3n) is 3.50. The standard InChI is InChI=1S/C16H13ClFN3O2S/c1-9(13-4-5-14(17)24-13)20-15(22)7-21-8-19-12-3-2-10(18)6-11(12)16(21)23/h2-6,8-9H,7H2,1H3,(H,20,22). The first-order valence-corrected chi connectivity index (χ1v) is 8.33. The molecule has 0 spiro atoms. The lowest BCUT2D eigenvalue weighted by molar-refractivity contribution is -0.122. The smallest absolute Gasteiger partial charge is 0.261 e. The summed E-state index contributed by atoms with van der Waals surface area (Å²) in [4.78, 5) is 29.5. The fraction of sp³-hybridized carbons (Fsp3) is 0.188. The van der Waals surface area contributed by atoms with Crippen LogP contribution in [0.5, 0.6) is 0 Å². The van der Waals surface area contributed by atoms with Gasteiger partial charge in [0.15, 0.2) is 0 Å². The van der Waals surface area contributed by atoms with Crippen LogP contribution in [-0.4, -0.2) is 15.5 Å². The highest BCUT2D eigenvalue weighted by Crippen LogP contribution is 2.26. The molecule has 5 nitrogen and oxygen atoms in total. The van der Waals surface area contributed by atoms with Gasteiger partial charge >= 0.3 is 0 Å². The van der Waals surface area contributed by atoms with Crippen molar-refractivity contribution in [3.8, 4) is 0 Å². The van der Waals surface area contributed by atoms with Crippen LogP contribution >= 0.6 is 22.9 Å². The summed E-state index contributed by atoms with van der Waals surface area (Å²) in [6.07, 6.45) is 1.29. The molecule has 0 aliphatic carbocycles. The maximum atomic E-state index is 13.3. The molecule has 0 bridgehead atoms. The van der Waals surface area contributed by atoms with Gasteiger partial charge in [-0.3, -0.25) is 14.2 Å². The van der Waals surface area contributed by atoms with Crippen LogP contribution in [-0.2, 0) is 11.3 Å². The number of nitrogens with one attached hydrogen (secondary N) is 1. The molecule has 1 amide bonds. The van der Waals surface area contributed by atoms with Crippen molar-refractivity contribution >= 4 is 39.7 Å². The number of halogens is 2.